The summed E-state index contributed by atoms with van der Waals surface area (Å²) in [4.78, 5) is 28.6. The van der Waals surface area contributed by atoms with Gasteiger partial charge >= 0.3 is 14.2 Å². The number of phenolic OH excluding ortho intramolecular Hbond substituents is 1. The first-order valence-electron chi connectivity index (χ1n) is 4.23. The molecule has 1 unspecified atom stereocenters. The highest BCUT2D eigenvalue weighted by Gasteiger charge is 2.25. The van der Waals surface area contributed by atoms with Crippen molar-refractivity contribution >= 4 is 14.2 Å². The monoisotopic (exact) mass is 262 g/mol. The molecule has 0 aromatic heterocycles. The molecule has 8 nitrogen and oxygen atoms in total. The van der Waals surface area contributed by atoms with Gasteiger partial charge in [0.1, 0.15) is 5.75 Å². The molecule has 9 heteroatoms. The van der Waals surface area contributed by atoms with Crippen molar-refractivity contribution < 1.29 is 33.9 Å². The van der Waals surface area contributed by atoms with Crippen LogP contribution < -0.4 is 0 Å². The van der Waals surface area contributed by atoms with Crippen LogP contribution in [0.3, 0.4) is 0 Å². The van der Waals surface area contributed by atoms with Gasteiger partial charge in [0, 0.05) is 4.57 Å². The Hall–Kier alpha value is -1.57. The highest BCUT2D eigenvalue weighted by Crippen LogP contribution is 2.20. The van der Waals surface area contributed by atoms with Gasteiger partial charge in [-0.25, -0.2) is 4.84 Å². The molecule has 0 aliphatic heterocycles. The van der Waals surface area contributed by atoms with Crippen molar-refractivity contribution in [3.8, 4) is 5.75 Å². The van der Waals surface area contributed by atoms with Gasteiger partial charge in [0.05, 0.1) is 17.3 Å². The Morgan fingerprint density at radius 2 is 2.06 bits per heavy atom. The first kappa shape index (κ1) is 13.5. The Morgan fingerprint density at radius 1 is 1.41 bits per heavy atom. The van der Waals surface area contributed by atoms with E-state index < -0.39 is 14.2 Å². The van der Waals surface area contributed by atoms with E-state index in [4.69, 9.17) is 4.89 Å². The minimum atomic E-state index is -3.05. The molecule has 1 rings (SSSR count). The number of phenols is 1. The summed E-state index contributed by atoms with van der Waals surface area (Å²) in [6, 6.07) is 5.62. The molecule has 0 radical (unpaired) electrons. The number of aromatic hydroxyl groups is 1. The Labute approximate surface area is 96.7 Å². The van der Waals surface area contributed by atoms with E-state index in [1.54, 1.807) is 0 Å². The molecular weight excluding hydrogens is 253 g/mol. The van der Waals surface area contributed by atoms with Gasteiger partial charge in [-0.2, -0.15) is 0 Å². The predicted octanol–water partition coefficient (Wildman–Crippen LogP) is 0.909. The lowest BCUT2D eigenvalue weighted by Crippen LogP contribution is -2.29. The molecule has 1 aromatic rings. The summed E-state index contributed by atoms with van der Waals surface area (Å²) in [6.45, 7) is 0. The maximum absolute atomic E-state index is 11.7. The third-order valence-corrected chi connectivity index (χ3v) is 1.83. The quantitative estimate of drug-likeness (QED) is 0.461. The van der Waals surface area contributed by atoms with Crippen LogP contribution in [0.4, 0.5) is 0 Å². The number of hydrogen-bond acceptors (Lipinski definition) is 6. The molecule has 2 N–H and O–H groups in total. The normalized spacial score (nSPS) is 11.1. The lowest BCUT2D eigenvalue weighted by atomic mass is 10.2. The number of nitrogens with zero attached hydrogens (tertiary/aromatic N) is 1. The number of carbonyl (C=O) groups excluding carboxylic acids is 1. The maximum atomic E-state index is 11.7. The highest BCUT2D eigenvalue weighted by molar-refractivity contribution is 7.31. The van der Waals surface area contributed by atoms with Crippen LogP contribution in [-0.4, -0.2) is 28.2 Å². The molecule has 92 valence electrons. The lowest BCUT2D eigenvalue weighted by molar-refractivity contribution is -0.448. The van der Waals surface area contributed by atoms with Crippen molar-refractivity contribution in [1.82, 2.24) is 5.23 Å². The highest BCUT2D eigenvalue weighted by atomic mass is 31.1. The van der Waals surface area contributed by atoms with E-state index in [9.17, 15) is 14.5 Å². The number of hydroxylamine groups is 2. The molecule has 0 bridgehead atoms. The second kappa shape index (κ2) is 6.24. The zero-order valence-electron chi connectivity index (χ0n) is 8.64. The molecule has 1 atom stereocenters. The van der Waals surface area contributed by atoms with Gasteiger partial charge in [-0.3, -0.25) is 4.79 Å². The summed E-state index contributed by atoms with van der Waals surface area (Å²) < 4.78 is 14.0. The molecule has 0 saturated carbocycles. The summed E-state index contributed by atoms with van der Waals surface area (Å²) in [5, 5.41) is 9.60. The Morgan fingerprint density at radius 3 is 2.59 bits per heavy atom. The Balaban J connectivity index is 2.79. The first-order valence-corrected chi connectivity index (χ1v) is 5.36. The van der Waals surface area contributed by atoms with Crippen LogP contribution in [0.2, 0.25) is 0 Å². The van der Waals surface area contributed by atoms with E-state index in [0.717, 1.165) is 7.11 Å². The van der Waals surface area contributed by atoms with Crippen molar-refractivity contribution in [1.29, 1.82) is 0 Å². The van der Waals surface area contributed by atoms with Crippen LogP contribution >= 0.6 is 8.25 Å². The van der Waals surface area contributed by atoms with Gasteiger partial charge in [-0.05, 0) is 22.3 Å². The van der Waals surface area contributed by atoms with Crippen LogP contribution in [-0.2, 0) is 19.1 Å². The largest absolute Gasteiger partial charge is 0.728 e. The van der Waals surface area contributed by atoms with Gasteiger partial charge < -0.3 is 5.11 Å². The van der Waals surface area contributed by atoms with Crippen LogP contribution in [0.5, 0.6) is 5.75 Å². The maximum Gasteiger partial charge on any atom is 0.728 e. The fraction of sp³-hybridized carbons (Fsp3) is 0.125. The third-order valence-electron chi connectivity index (χ3n) is 1.63. The van der Waals surface area contributed by atoms with Gasteiger partial charge in [-0.1, -0.05) is 12.1 Å². The van der Waals surface area contributed by atoms with Crippen LogP contribution in [0.15, 0.2) is 24.3 Å². The van der Waals surface area contributed by atoms with E-state index in [2.05, 4.69) is 14.5 Å². The minimum Gasteiger partial charge on any atom is -0.507 e. The molecule has 0 aliphatic carbocycles. The number of hydrogen-bond donors (Lipinski definition) is 2. The lowest BCUT2D eigenvalue weighted by Gasteiger charge is -2.13. The average molecular weight is 262 g/mol. The van der Waals surface area contributed by atoms with E-state index in [0.29, 0.717) is 0 Å². The second-order valence-electron chi connectivity index (χ2n) is 2.65. The van der Waals surface area contributed by atoms with E-state index in [1.165, 1.54) is 24.3 Å². The molecule has 0 saturated heterocycles. The average Bonchev–Trinajstić information content (AvgIpc) is 2.29. The number of benzene rings is 1. The Kier molecular flexibility index (Phi) is 4.95. The predicted molar refractivity (Wildman–Crippen MR) is 53.3 cm³/mol. The molecule has 0 spiro atoms. The van der Waals surface area contributed by atoms with E-state index in [1.807, 2.05) is 0 Å². The second-order valence-corrected chi connectivity index (χ2v) is 3.27. The zero-order valence-corrected chi connectivity index (χ0v) is 9.53. The van der Waals surface area contributed by atoms with Gasteiger partial charge in [0.15, 0.2) is 0 Å². The summed E-state index contributed by atoms with van der Waals surface area (Å²) in [5.74, 6) is -1.20. The summed E-state index contributed by atoms with van der Waals surface area (Å²) in [7, 11) is -1.97. The molecule has 1 aromatic carbocycles. The number of rotatable bonds is 5. The molecule has 0 fully saturated rings. The smallest absolute Gasteiger partial charge is 0.507 e. The van der Waals surface area contributed by atoms with Crippen molar-refractivity contribution in [2.45, 2.75) is 0 Å². The van der Waals surface area contributed by atoms with Crippen molar-refractivity contribution in [2.24, 2.45) is 0 Å². The van der Waals surface area contributed by atoms with E-state index >= 15 is 0 Å². The summed E-state index contributed by atoms with van der Waals surface area (Å²) >= 11 is 0. The number of carbonyl (C=O) groups is 1. The van der Waals surface area contributed by atoms with Crippen LogP contribution in [0, 0.1) is 0 Å². The van der Waals surface area contributed by atoms with Gasteiger partial charge in [0.25, 0.3) is 0 Å². The fourth-order valence-electron chi connectivity index (χ4n) is 0.959. The topological polar surface area (TPSA) is 106 Å². The zero-order chi connectivity index (χ0) is 12.8. The summed E-state index contributed by atoms with van der Waals surface area (Å²) in [6.07, 6.45) is 0. The Bertz CT molecular complexity index is 424. The molecular formula is C8H9NO7P+. The molecule has 1 amide bonds. The van der Waals surface area contributed by atoms with Crippen LogP contribution in [0.1, 0.15) is 10.4 Å². The third kappa shape index (κ3) is 3.74. The number of para-hydroxylation sites is 1. The molecule has 17 heavy (non-hydrogen) atoms. The number of amides is 1. The fourth-order valence-corrected chi connectivity index (χ4v) is 1.08. The first-order chi connectivity index (χ1) is 8.06. The SMILES string of the molecule is CON(OO[P+](=O)O)C(=O)c1ccccc1O. The van der Waals surface area contributed by atoms with Crippen molar-refractivity contribution in [3.63, 3.8) is 0 Å². The van der Waals surface area contributed by atoms with Crippen molar-refractivity contribution in [2.75, 3.05) is 7.11 Å². The van der Waals surface area contributed by atoms with Gasteiger partial charge in [0.2, 0.25) is 0 Å². The molecule has 0 heterocycles. The standard InChI is InChI=1S/C8H8NO7P/c1-14-9(15-16-17(12)13)8(11)6-4-2-3-5-7(6)10/h2-5H,1H3,(H-,10,11,12,13)/p+1. The van der Waals surface area contributed by atoms with Gasteiger partial charge in [-0.15, -0.1) is 4.89 Å². The van der Waals surface area contributed by atoms with Crippen molar-refractivity contribution in [3.05, 3.63) is 29.8 Å². The molecule has 0 aliphatic rings. The van der Waals surface area contributed by atoms with E-state index in [-0.39, 0.29) is 16.5 Å². The van der Waals surface area contributed by atoms with Crippen LogP contribution in [0.25, 0.3) is 0 Å². The minimum absolute atomic E-state index is 0.119. The summed E-state index contributed by atoms with van der Waals surface area (Å²) in [5.41, 5.74) is -0.119.